The average Bonchev–Trinajstić information content (AvgIpc) is 2.55. The summed E-state index contributed by atoms with van der Waals surface area (Å²) in [5.41, 5.74) is 4.82. The van der Waals surface area contributed by atoms with Crippen molar-refractivity contribution in [3.63, 3.8) is 0 Å². The molecule has 1 saturated heterocycles. The smallest absolute Gasteiger partial charge is 0.399 e. The molecule has 0 aliphatic carbocycles. The molecular weight excluding hydrogens is 275 g/mol. The van der Waals surface area contributed by atoms with Crippen LogP contribution in [0.2, 0.25) is 19.6 Å². The highest BCUT2D eigenvalue weighted by Gasteiger charge is 2.52. The van der Waals surface area contributed by atoms with Crippen LogP contribution in [0.5, 0.6) is 0 Å². The van der Waals surface area contributed by atoms with Crippen molar-refractivity contribution in [2.45, 2.75) is 58.5 Å². The molecule has 1 fully saturated rings. The van der Waals surface area contributed by atoms with E-state index in [0.717, 1.165) is 11.0 Å². The van der Waals surface area contributed by atoms with Gasteiger partial charge in [0.25, 0.3) is 0 Å². The molecule has 1 aromatic rings. The van der Waals surface area contributed by atoms with Crippen molar-refractivity contribution in [1.29, 1.82) is 0 Å². The first-order valence-corrected chi connectivity index (χ1v) is 11.0. The molecule has 2 nitrogen and oxygen atoms in total. The van der Waals surface area contributed by atoms with Crippen LogP contribution in [-0.4, -0.2) is 26.4 Å². The van der Waals surface area contributed by atoms with E-state index in [2.05, 4.69) is 64.9 Å². The van der Waals surface area contributed by atoms with Crippen LogP contribution in [0.4, 0.5) is 0 Å². The summed E-state index contributed by atoms with van der Waals surface area (Å²) in [6, 6.07) is 8.13. The second-order valence-corrected chi connectivity index (χ2v) is 12.4. The summed E-state index contributed by atoms with van der Waals surface area (Å²) in [5, 5.41) is 0. The SMILES string of the molecule is CC1(C)OB(c2ccccc2C#C[Si](C)(C)C)OC1(C)C. The lowest BCUT2D eigenvalue weighted by atomic mass is 9.76. The Bertz CT molecular complexity index is 575. The molecule has 0 spiro atoms. The second-order valence-electron chi connectivity index (χ2n) is 7.68. The Kier molecular flexibility index (Phi) is 4.14. The van der Waals surface area contributed by atoms with Gasteiger partial charge in [0.2, 0.25) is 0 Å². The molecule has 1 aliphatic heterocycles. The van der Waals surface area contributed by atoms with Crippen LogP contribution in [-0.2, 0) is 9.31 Å². The van der Waals surface area contributed by atoms with Gasteiger partial charge in [0, 0.05) is 5.56 Å². The standard InChI is InChI=1S/C17H25BO2Si/c1-16(2)17(3,4)20-18(19-16)15-11-9-8-10-14(15)12-13-21(5,6)7/h8-11H,1-7H3. The molecule has 1 aliphatic rings. The Hall–Kier alpha value is -1.02. The molecule has 2 rings (SSSR count). The Morgan fingerprint density at radius 1 is 0.952 bits per heavy atom. The lowest BCUT2D eigenvalue weighted by Crippen LogP contribution is -2.41. The summed E-state index contributed by atoms with van der Waals surface area (Å²) in [7, 11) is -1.75. The van der Waals surface area contributed by atoms with E-state index in [9.17, 15) is 0 Å². The second kappa shape index (κ2) is 5.32. The van der Waals surface area contributed by atoms with E-state index in [1.54, 1.807) is 0 Å². The zero-order valence-corrected chi connectivity index (χ0v) is 15.2. The van der Waals surface area contributed by atoms with Crippen LogP contribution in [0.25, 0.3) is 0 Å². The third kappa shape index (κ3) is 3.60. The largest absolute Gasteiger partial charge is 0.496 e. The van der Waals surface area contributed by atoms with Gasteiger partial charge in [-0.1, -0.05) is 43.8 Å². The molecular formula is C17H25BO2Si. The van der Waals surface area contributed by atoms with Gasteiger partial charge in [0.15, 0.2) is 0 Å². The quantitative estimate of drug-likeness (QED) is 0.586. The molecule has 0 radical (unpaired) electrons. The highest BCUT2D eigenvalue weighted by Crippen LogP contribution is 2.36. The maximum absolute atomic E-state index is 6.14. The van der Waals surface area contributed by atoms with Crippen LogP contribution in [0, 0.1) is 11.5 Å². The van der Waals surface area contributed by atoms with E-state index in [0.29, 0.717) is 0 Å². The molecule has 0 bridgehead atoms. The van der Waals surface area contributed by atoms with Crippen LogP contribution >= 0.6 is 0 Å². The lowest BCUT2D eigenvalue weighted by Gasteiger charge is -2.32. The first-order valence-electron chi connectivity index (χ1n) is 7.50. The molecule has 0 amide bonds. The molecule has 1 aromatic carbocycles. The van der Waals surface area contributed by atoms with Crippen molar-refractivity contribution in [3.8, 4) is 11.5 Å². The fourth-order valence-corrected chi connectivity index (χ4v) is 2.55. The molecule has 4 heteroatoms. The fraction of sp³-hybridized carbons (Fsp3) is 0.529. The molecule has 0 atom stereocenters. The van der Waals surface area contributed by atoms with Crippen LogP contribution in [0.3, 0.4) is 0 Å². The van der Waals surface area contributed by atoms with Crippen molar-refractivity contribution in [3.05, 3.63) is 29.8 Å². The highest BCUT2D eigenvalue weighted by atomic mass is 28.3. The summed E-state index contributed by atoms with van der Waals surface area (Å²) in [4.78, 5) is 0. The molecule has 0 N–H and O–H groups in total. The lowest BCUT2D eigenvalue weighted by molar-refractivity contribution is 0.00578. The maximum atomic E-state index is 6.14. The normalized spacial score (nSPS) is 20.0. The number of benzene rings is 1. The van der Waals surface area contributed by atoms with Gasteiger partial charge >= 0.3 is 7.12 Å². The first-order chi connectivity index (χ1) is 9.52. The zero-order valence-electron chi connectivity index (χ0n) is 14.2. The van der Waals surface area contributed by atoms with Gasteiger partial charge in [0.1, 0.15) is 8.07 Å². The fourth-order valence-electron chi connectivity index (χ4n) is 2.04. The first kappa shape index (κ1) is 16.4. The summed E-state index contributed by atoms with van der Waals surface area (Å²) in [6.45, 7) is 15.0. The van der Waals surface area contributed by atoms with Gasteiger partial charge in [-0.25, -0.2) is 0 Å². The summed E-state index contributed by atoms with van der Waals surface area (Å²) in [5.74, 6) is 3.34. The minimum Gasteiger partial charge on any atom is -0.399 e. The summed E-state index contributed by atoms with van der Waals surface area (Å²) >= 11 is 0. The minimum atomic E-state index is -1.40. The van der Waals surface area contributed by atoms with E-state index in [1.165, 1.54) is 0 Å². The van der Waals surface area contributed by atoms with Gasteiger partial charge in [0.05, 0.1) is 11.2 Å². The number of rotatable bonds is 1. The van der Waals surface area contributed by atoms with Crippen molar-refractivity contribution >= 4 is 20.7 Å². The van der Waals surface area contributed by atoms with E-state index in [-0.39, 0.29) is 18.3 Å². The van der Waals surface area contributed by atoms with E-state index < -0.39 is 8.07 Å². The minimum absolute atomic E-state index is 0.322. The molecule has 0 aromatic heterocycles. The van der Waals surface area contributed by atoms with Crippen LogP contribution in [0.15, 0.2) is 24.3 Å². The van der Waals surface area contributed by atoms with Crippen LogP contribution in [0.1, 0.15) is 33.3 Å². The van der Waals surface area contributed by atoms with Crippen molar-refractivity contribution in [2.75, 3.05) is 0 Å². The van der Waals surface area contributed by atoms with E-state index >= 15 is 0 Å². The van der Waals surface area contributed by atoms with Gasteiger partial charge in [-0.2, -0.15) is 0 Å². The van der Waals surface area contributed by atoms with Crippen molar-refractivity contribution in [1.82, 2.24) is 0 Å². The van der Waals surface area contributed by atoms with Gasteiger partial charge in [-0.15, -0.1) is 5.54 Å². The number of hydrogen-bond donors (Lipinski definition) is 0. The molecule has 1 heterocycles. The third-order valence-electron chi connectivity index (χ3n) is 4.04. The third-order valence-corrected chi connectivity index (χ3v) is 4.92. The van der Waals surface area contributed by atoms with Crippen LogP contribution < -0.4 is 5.46 Å². The van der Waals surface area contributed by atoms with Crippen molar-refractivity contribution < 1.29 is 9.31 Å². The molecule has 0 saturated carbocycles. The number of hydrogen-bond acceptors (Lipinski definition) is 2. The average molecular weight is 300 g/mol. The predicted octanol–water partition coefficient (Wildman–Crippen LogP) is 3.21. The Morgan fingerprint density at radius 2 is 1.48 bits per heavy atom. The summed E-state index contributed by atoms with van der Waals surface area (Å²) < 4.78 is 12.3. The van der Waals surface area contributed by atoms with Crippen molar-refractivity contribution in [2.24, 2.45) is 0 Å². The van der Waals surface area contributed by atoms with Gasteiger partial charge in [-0.05, 0) is 39.2 Å². The highest BCUT2D eigenvalue weighted by molar-refractivity contribution is 6.84. The van der Waals surface area contributed by atoms with E-state index in [4.69, 9.17) is 9.31 Å². The maximum Gasteiger partial charge on any atom is 0.496 e. The zero-order chi connectivity index (χ0) is 15.9. The summed E-state index contributed by atoms with van der Waals surface area (Å²) in [6.07, 6.45) is 0. The monoisotopic (exact) mass is 300 g/mol. The molecule has 21 heavy (non-hydrogen) atoms. The Balaban J connectivity index is 2.36. The molecule has 112 valence electrons. The topological polar surface area (TPSA) is 18.5 Å². The molecule has 0 unspecified atom stereocenters. The Labute approximate surface area is 130 Å². The van der Waals surface area contributed by atoms with Gasteiger partial charge < -0.3 is 9.31 Å². The van der Waals surface area contributed by atoms with Gasteiger partial charge in [-0.3, -0.25) is 0 Å². The Morgan fingerprint density at radius 3 is 2.00 bits per heavy atom. The van der Waals surface area contributed by atoms with E-state index in [1.807, 2.05) is 18.2 Å². The predicted molar refractivity (Wildman–Crippen MR) is 92.4 cm³/mol.